The van der Waals surface area contributed by atoms with Gasteiger partial charge in [-0.2, -0.15) is 0 Å². The minimum Gasteiger partial charge on any atom is -0.633 e. The molecule has 1 aromatic carbocycles. The Morgan fingerprint density at radius 1 is 0.684 bits per heavy atom. The SMILES string of the molecule is O=C1c2ccncc2C(=O)c2c(NCCC[N+]3([O-])CCCCC3)ccc(NCCC[N+]3([O-])CCCCC3)c21. The number of aromatic nitrogens is 1. The lowest BCUT2D eigenvalue weighted by atomic mass is 9.83. The number of nitrogens with one attached hydrogen (secondary N) is 2. The zero-order valence-corrected chi connectivity index (χ0v) is 22.2. The average molecular weight is 522 g/mol. The summed E-state index contributed by atoms with van der Waals surface area (Å²) in [7, 11) is 0. The highest BCUT2D eigenvalue weighted by Gasteiger charge is 2.34. The van der Waals surface area contributed by atoms with Gasteiger partial charge in [-0.05, 0) is 56.7 Å². The number of rotatable bonds is 10. The summed E-state index contributed by atoms with van der Waals surface area (Å²) >= 11 is 0. The first-order valence-electron chi connectivity index (χ1n) is 14.2. The fourth-order valence-electron chi connectivity index (χ4n) is 6.22. The highest BCUT2D eigenvalue weighted by Crippen LogP contribution is 2.36. The van der Waals surface area contributed by atoms with Gasteiger partial charge in [0.15, 0.2) is 11.6 Å². The standard InChI is InChI=1S/C29H39N5O4/c35-28-22-11-14-30-21-23(22)29(36)27-25(32-13-8-20-34(38)17-5-2-6-18-34)10-9-24(26(27)28)31-12-7-19-33(37)15-3-1-4-16-33/h9-11,14,21,31-32H,1-8,12-13,15-20H2. The number of quaternary nitrogens is 2. The molecule has 2 saturated heterocycles. The van der Waals surface area contributed by atoms with E-state index in [1.807, 2.05) is 12.1 Å². The fraction of sp³-hybridized carbons (Fsp3) is 0.552. The summed E-state index contributed by atoms with van der Waals surface area (Å²) < 4.78 is -0.272. The van der Waals surface area contributed by atoms with Gasteiger partial charge in [0.05, 0.1) is 56.0 Å². The topological polar surface area (TPSA) is 117 Å². The van der Waals surface area contributed by atoms with E-state index >= 15 is 0 Å². The highest BCUT2D eigenvalue weighted by molar-refractivity contribution is 6.31. The van der Waals surface area contributed by atoms with E-state index in [0.29, 0.717) is 98.8 Å². The minimum absolute atomic E-state index is 0.135. The number of carbonyl (C=O) groups excluding carboxylic acids is 2. The van der Waals surface area contributed by atoms with Gasteiger partial charge < -0.3 is 30.3 Å². The Hall–Kier alpha value is -2.85. The Morgan fingerprint density at radius 2 is 1.16 bits per heavy atom. The van der Waals surface area contributed by atoms with Crippen molar-refractivity contribution < 1.29 is 18.9 Å². The van der Waals surface area contributed by atoms with Crippen LogP contribution in [-0.4, -0.2) is 78.2 Å². The number of hydroxylamine groups is 6. The molecule has 0 bridgehead atoms. The Kier molecular flexibility index (Phi) is 8.09. The first-order chi connectivity index (χ1) is 18.4. The molecule has 1 aliphatic carbocycles. The van der Waals surface area contributed by atoms with Crippen molar-refractivity contribution in [3.63, 3.8) is 0 Å². The summed E-state index contributed by atoms with van der Waals surface area (Å²) in [6.07, 6.45) is 10.6. The summed E-state index contributed by atoms with van der Waals surface area (Å²) in [4.78, 5) is 31.2. The van der Waals surface area contributed by atoms with Crippen LogP contribution in [0.1, 0.15) is 83.2 Å². The molecule has 0 spiro atoms. The third-order valence-electron chi connectivity index (χ3n) is 8.35. The molecule has 0 amide bonds. The summed E-state index contributed by atoms with van der Waals surface area (Å²) in [5.74, 6) is -0.432. The maximum Gasteiger partial charge on any atom is 0.198 e. The van der Waals surface area contributed by atoms with Crippen molar-refractivity contribution in [1.29, 1.82) is 0 Å². The van der Waals surface area contributed by atoms with E-state index in [2.05, 4.69) is 15.6 Å². The van der Waals surface area contributed by atoms with Crippen molar-refractivity contribution in [3.05, 3.63) is 63.3 Å². The number of hydrogen-bond acceptors (Lipinski definition) is 7. The third-order valence-corrected chi connectivity index (χ3v) is 8.35. The van der Waals surface area contributed by atoms with Gasteiger partial charge in [0.1, 0.15) is 0 Å². The zero-order valence-electron chi connectivity index (χ0n) is 22.2. The molecular weight excluding hydrogens is 482 g/mol. The number of benzene rings is 1. The molecule has 2 N–H and O–H groups in total. The van der Waals surface area contributed by atoms with E-state index in [-0.39, 0.29) is 20.9 Å². The summed E-state index contributed by atoms with van der Waals surface area (Å²) in [5, 5.41) is 32.4. The number of ketones is 2. The van der Waals surface area contributed by atoms with E-state index in [0.717, 1.165) is 38.5 Å². The third kappa shape index (κ3) is 5.76. The van der Waals surface area contributed by atoms with Crippen molar-refractivity contribution in [2.45, 2.75) is 51.4 Å². The quantitative estimate of drug-likeness (QED) is 0.230. The monoisotopic (exact) mass is 521 g/mol. The Labute approximate surface area is 224 Å². The number of anilines is 2. The number of piperidine rings is 2. The van der Waals surface area contributed by atoms with Crippen LogP contribution in [0.4, 0.5) is 11.4 Å². The molecule has 9 nitrogen and oxygen atoms in total. The lowest BCUT2D eigenvalue weighted by Gasteiger charge is -2.45. The van der Waals surface area contributed by atoms with Gasteiger partial charge in [-0.15, -0.1) is 0 Å². The van der Waals surface area contributed by atoms with Gasteiger partial charge in [-0.25, -0.2) is 0 Å². The number of hydrogen-bond donors (Lipinski definition) is 2. The second-order valence-electron chi connectivity index (χ2n) is 11.1. The maximum atomic E-state index is 13.6. The summed E-state index contributed by atoms with van der Waals surface area (Å²) in [6, 6.07) is 5.27. The normalized spacial score (nSPS) is 19.9. The smallest absolute Gasteiger partial charge is 0.198 e. The molecule has 0 atom stereocenters. The van der Waals surface area contributed by atoms with E-state index < -0.39 is 0 Å². The maximum absolute atomic E-state index is 13.6. The lowest BCUT2D eigenvalue weighted by molar-refractivity contribution is -0.885. The molecule has 2 fully saturated rings. The van der Waals surface area contributed by atoms with E-state index in [4.69, 9.17) is 0 Å². The molecule has 38 heavy (non-hydrogen) atoms. The van der Waals surface area contributed by atoms with Crippen LogP contribution in [0.3, 0.4) is 0 Å². The Balaban J connectivity index is 1.31. The highest BCUT2D eigenvalue weighted by atomic mass is 16.5. The molecule has 5 rings (SSSR count). The number of fused-ring (bicyclic) bond motifs is 2. The first-order valence-corrected chi connectivity index (χ1v) is 14.2. The summed E-state index contributed by atoms with van der Waals surface area (Å²) in [6.45, 7) is 4.92. The number of carbonyl (C=O) groups is 2. The second kappa shape index (κ2) is 11.5. The van der Waals surface area contributed by atoms with Crippen molar-refractivity contribution in [2.24, 2.45) is 0 Å². The van der Waals surface area contributed by atoms with Gasteiger partial charge in [-0.3, -0.25) is 14.6 Å². The van der Waals surface area contributed by atoms with E-state index in [1.54, 1.807) is 6.07 Å². The molecule has 3 aliphatic rings. The molecule has 0 radical (unpaired) electrons. The van der Waals surface area contributed by atoms with Gasteiger partial charge in [-0.1, -0.05) is 0 Å². The average Bonchev–Trinajstić information content (AvgIpc) is 2.93. The largest absolute Gasteiger partial charge is 0.633 e. The van der Waals surface area contributed by atoms with Crippen molar-refractivity contribution in [1.82, 2.24) is 4.98 Å². The molecule has 2 aliphatic heterocycles. The first kappa shape index (κ1) is 26.7. The van der Waals surface area contributed by atoms with E-state index in [1.165, 1.54) is 12.4 Å². The van der Waals surface area contributed by atoms with Gasteiger partial charge in [0.25, 0.3) is 0 Å². The number of pyridine rings is 1. The molecular formula is C29H39N5O4. The second-order valence-corrected chi connectivity index (χ2v) is 11.1. The van der Waals surface area contributed by atoms with Crippen LogP contribution in [0.25, 0.3) is 0 Å². The van der Waals surface area contributed by atoms with Crippen molar-refractivity contribution in [2.75, 3.05) is 63.0 Å². The Morgan fingerprint density at radius 3 is 1.66 bits per heavy atom. The van der Waals surface area contributed by atoms with Crippen LogP contribution in [0.15, 0.2) is 30.6 Å². The molecule has 0 saturated carbocycles. The molecule has 2 aromatic rings. The van der Waals surface area contributed by atoms with Gasteiger partial charge >= 0.3 is 0 Å². The zero-order chi connectivity index (χ0) is 26.6. The molecule has 204 valence electrons. The molecule has 0 unspecified atom stereocenters. The van der Waals surface area contributed by atoms with Crippen molar-refractivity contribution >= 4 is 22.9 Å². The minimum atomic E-state index is -0.227. The van der Waals surface area contributed by atoms with Crippen LogP contribution in [-0.2, 0) is 0 Å². The lowest BCUT2D eigenvalue weighted by Crippen LogP contribution is -2.47. The van der Waals surface area contributed by atoms with Gasteiger partial charge in [0.2, 0.25) is 0 Å². The molecule has 3 heterocycles. The van der Waals surface area contributed by atoms with Crippen LogP contribution in [0.5, 0.6) is 0 Å². The predicted molar refractivity (Wildman–Crippen MR) is 148 cm³/mol. The molecule has 1 aromatic heterocycles. The number of likely N-dealkylation sites (tertiary alicyclic amines) is 2. The van der Waals surface area contributed by atoms with Crippen LogP contribution < -0.4 is 10.6 Å². The Bertz CT molecular complexity index is 1080. The van der Waals surface area contributed by atoms with Gasteiger partial charge in [0, 0.05) is 55.3 Å². The predicted octanol–water partition coefficient (Wildman–Crippen LogP) is 4.46. The number of nitrogens with zero attached hydrogens (tertiary/aromatic N) is 3. The summed E-state index contributed by atoms with van der Waals surface area (Å²) in [5.41, 5.74) is 2.61. The van der Waals surface area contributed by atoms with Crippen LogP contribution >= 0.6 is 0 Å². The molecule has 9 heteroatoms. The van der Waals surface area contributed by atoms with Crippen molar-refractivity contribution in [3.8, 4) is 0 Å². The van der Waals surface area contributed by atoms with E-state index in [9.17, 15) is 20.0 Å². The van der Waals surface area contributed by atoms with Crippen LogP contribution in [0, 0.1) is 10.4 Å². The fourth-order valence-corrected chi connectivity index (χ4v) is 6.22. The van der Waals surface area contributed by atoms with Crippen LogP contribution in [0.2, 0.25) is 0 Å².